The number of rotatable bonds is 6. The maximum Gasteiger partial charge on any atom is 0.142 e. The molecule has 0 saturated carbocycles. The molecule has 2 rings (SSSR count). The van der Waals surface area contributed by atoms with Crippen LogP contribution < -0.4 is 10.1 Å². The van der Waals surface area contributed by atoms with E-state index in [-0.39, 0.29) is 6.04 Å². The highest BCUT2D eigenvalue weighted by atomic mass is 16.5. The van der Waals surface area contributed by atoms with Crippen molar-refractivity contribution in [3.8, 4) is 5.75 Å². The van der Waals surface area contributed by atoms with Crippen molar-refractivity contribution in [3.05, 3.63) is 42.2 Å². The fourth-order valence-corrected chi connectivity index (χ4v) is 1.79. The second-order valence-electron chi connectivity index (χ2n) is 5.08. The van der Waals surface area contributed by atoms with Gasteiger partial charge in [0.2, 0.25) is 0 Å². The van der Waals surface area contributed by atoms with Gasteiger partial charge in [-0.25, -0.2) is 0 Å². The number of aromatic amines is 1. The third-order valence-corrected chi connectivity index (χ3v) is 2.82. The van der Waals surface area contributed by atoms with Gasteiger partial charge in [0.1, 0.15) is 5.75 Å². The summed E-state index contributed by atoms with van der Waals surface area (Å²) in [6, 6.07) is 10.1. The molecular formula is C15H21N3O. The number of H-pyrrole nitrogens is 1. The molecule has 0 amide bonds. The first-order valence-corrected chi connectivity index (χ1v) is 6.64. The quantitative estimate of drug-likeness (QED) is 0.833. The molecule has 1 atom stereocenters. The van der Waals surface area contributed by atoms with Gasteiger partial charge in [-0.3, -0.25) is 5.10 Å². The van der Waals surface area contributed by atoms with Crippen LogP contribution in [0.15, 0.2) is 36.5 Å². The van der Waals surface area contributed by atoms with Crippen molar-refractivity contribution in [1.29, 1.82) is 0 Å². The van der Waals surface area contributed by atoms with E-state index in [0.717, 1.165) is 23.7 Å². The monoisotopic (exact) mass is 259 g/mol. The van der Waals surface area contributed by atoms with E-state index in [0.29, 0.717) is 5.92 Å². The van der Waals surface area contributed by atoms with Gasteiger partial charge in [0, 0.05) is 6.20 Å². The summed E-state index contributed by atoms with van der Waals surface area (Å²) in [5.74, 6) is 1.40. The predicted octanol–water partition coefficient (Wildman–Crippen LogP) is 3.62. The van der Waals surface area contributed by atoms with E-state index in [1.165, 1.54) is 0 Å². The summed E-state index contributed by atoms with van der Waals surface area (Å²) in [5, 5.41) is 10.4. The molecule has 4 heteroatoms. The van der Waals surface area contributed by atoms with Crippen LogP contribution in [0.2, 0.25) is 0 Å². The summed E-state index contributed by atoms with van der Waals surface area (Å²) in [4.78, 5) is 0. The van der Waals surface area contributed by atoms with Gasteiger partial charge in [-0.15, -0.1) is 0 Å². The van der Waals surface area contributed by atoms with Crippen LogP contribution in [0.1, 0.15) is 32.5 Å². The Labute approximate surface area is 114 Å². The lowest BCUT2D eigenvalue weighted by molar-refractivity contribution is 0.272. The number of para-hydroxylation sites is 2. The van der Waals surface area contributed by atoms with Gasteiger partial charge in [0.25, 0.3) is 0 Å². The minimum atomic E-state index is 0.159. The SMILES string of the molecule is CC(C)COc1ccccc1NC(C)c1ccn[nH]1. The lowest BCUT2D eigenvalue weighted by Crippen LogP contribution is -2.10. The molecule has 1 unspecified atom stereocenters. The van der Waals surface area contributed by atoms with E-state index in [2.05, 4.69) is 36.3 Å². The summed E-state index contributed by atoms with van der Waals surface area (Å²) in [7, 11) is 0. The molecule has 102 valence electrons. The first-order chi connectivity index (χ1) is 9.16. The number of nitrogens with zero attached hydrogens (tertiary/aromatic N) is 1. The Hall–Kier alpha value is -1.97. The maximum absolute atomic E-state index is 5.83. The van der Waals surface area contributed by atoms with E-state index in [9.17, 15) is 0 Å². The Balaban J connectivity index is 2.07. The van der Waals surface area contributed by atoms with Gasteiger partial charge >= 0.3 is 0 Å². The zero-order valence-electron chi connectivity index (χ0n) is 11.7. The number of hydrogen-bond acceptors (Lipinski definition) is 3. The van der Waals surface area contributed by atoms with Crippen LogP contribution >= 0.6 is 0 Å². The second kappa shape index (κ2) is 6.27. The molecule has 2 aromatic rings. The Morgan fingerprint density at radius 2 is 2.00 bits per heavy atom. The van der Waals surface area contributed by atoms with Crippen molar-refractivity contribution >= 4 is 5.69 Å². The Morgan fingerprint density at radius 3 is 2.68 bits per heavy atom. The van der Waals surface area contributed by atoms with Crippen LogP contribution in [-0.2, 0) is 0 Å². The highest BCUT2D eigenvalue weighted by Crippen LogP contribution is 2.27. The van der Waals surface area contributed by atoms with Crippen LogP contribution in [0.5, 0.6) is 5.75 Å². The molecule has 0 bridgehead atoms. The standard InChI is InChI=1S/C15H21N3O/c1-11(2)10-19-15-7-5-4-6-14(15)17-12(3)13-8-9-16-18-13/h4-9,11-12,17H,10H2,1-3H3,(H,16,18). The number of anilines is 1. The van der Waals surface area contributed by atoms with Crippen molar-refractivity contribution in [2.75, 3.05) is 11.9 Å². The molecule has 1 heterocycles. The van der Waals surface area contributed by atoms with Crippen molar-refractivity contribution in [2.24, 2.45) is 5.92 Å². The molecule has 0 spiro atoms. The molecular weight excluding hydrogens is 238 g/mol. The summed E-state index contributed by atoms with van der Waals surface area (Å²) in [6.45, 7) is 7.09. The van der Waals surface area contributed by atoms with E-state index in [1.54, 1.807) is 6.20 Å². The van der Waals surface area contributed by atoms with Crippen molar-refractivity contribution in [2.45, 2.75) is 26.8 Å². The van der Waals surface area contributed by atoms with Crippen molar-refractivity contribution in [1.82, 2.24) is 10.2 Å². The van der Waals surface area contributed by atoms with Crippen molar-refractivity contribution in [3.63, 3.8) is 0 Å². The molecule has 1 aromatic heterocycles. The summed E-state index contributed by atoms with van der Waals surface area (Å²) in [5.41, 5.74) is 2.06. The number of aromatic nitrogens is 2. The lowest BCUT2D eigenvalue weighted by Gasteiger charge is -2.18. The van der Waals surface area contributed by atoms with Gasteiger partial charge in [0.15, 0.2) is 0 Å². The van der Waals surface area contributed by atoms with Gasteiger partial charge in [-0.05, 0) is 31.0 Å². The molecule has 0 saturated heterocycles. The van der Waals surface area contributed by atoms with E-state index >= 15 is 0 Å². The third kappa shape index (κ3) is 3.74. The van der Waals surface area contributed by atoms with Crippen LogP contribution in [0, 0.1) is 5.92 Å². The third-order valence-electron chi connectivity index (χ3n) is 2.82. The zero-order valence-corrected chi connectivity index (χ0v) is 11.7. The number of benzene rings is 1. The van der Waals surface area contributed by atoms with Gasteiger partial charge in [-0.1, -0.05) is 26.0 Å². The number of ether oxygens (including phenoxy) is 1. The molecule has 0 aliphatic carbocycles. The second-order valence-corrected chi connectivity index (χ2v) is 5.08. The van der Waals surface area contributed by atoms with Gasteiger partial charge in [0.05, 0.1) is 24.0 Å². The number of nitrogens with one attached hydrogen (secondary N) is 2. The molecule has 0 aliphatic heterocycles. The Kier molecular flexibility index (Phi) is 4.44. The van der Waals surface area contributed by atoms with Crippen LogP contribution in [-0.4, -0.2) is 16.8 Å². The molecule has 2 N–H and O–H groups in total. The smallest absolute Gasteiger partial charge is 0.142 e. The van der Waals surface area contributed by atoms with Crippen molar-refractivity contribution < 1.29 is 4.74 Å². The van der Waals surface area contributed by atoms with E-state index in [1.807, 2.05) is 30.3 Å². The molecule has 19 heavy (non-hydrogen) atoms. The number of hydrogen-bond donors (Lipinski definition) is 2. The minimum absolute atomic E-state index is 0.159. The fraction of sp³-hybridized carbons (Fsp3) is 0.400. The van der Waals surface area contributed by atoms with E-state index < -0.39 is 0 Å². The molecule has 0 radical (unpaired) electrons. The average Bonchev–Trinajstić information content (AvgIpc) is 2.91. The van der Waals surface area contributed by atoms with Gasteiger partial charge < -0.3 is 10.1 Å². The predicted molar refractivity (Wildman–Crippen MR) is 77.4 cm³/mol. The fourth-order valence-electron chi connectivity index (χ4n) is 1.79. The summed E-state index contributed by atoms with van der Waals surface area (Å²) >= 11 is 0. The lowest BCUT2D eigenvalue weighted by atomic mass is 10.2. The molecule has 1 aromatic carbocycles. The normalized spacial score (nSPS) is 12.4. The van der Waals surface area contributed by atoms with E-state index in [4.69, 9.17) is 4.74 Å². The first-order valence-electron chi connectivity index (χ1n) is 6.64. The Morgan fingerprint density at radius 1 is 1.21 bits per heavy atom. The van der Waals surface area contributed by atoms with Gasteiger partial charge in [-0.2, -0.15) is 5.10 Å². The average molecular weight is 259 g/mol. The molecule has 4 nitrogen and oxygen atoms in total. The highest BCUT2D eigenvalue weighted by molar-refractivity contribution is 5.57. The first kappa shape index (κ1) is 13.5. The largest absolute Gasteiger partial charge is 0.491 e. The Bertz CT molecular complexity index is 494. The highest BCUT2D eigenvalue weighted by Gasteiger charge is 2.10. The maximum atomic E-state index is 5.83. The molecule has 0 fully saturated rings. The summed E-state index contributed by atoms with van der Waals surface area (Å²) < 4.78 is 5.83. The summed E-state index contributed by atoms with van der Waals surface area (Å²) in [6.07, 6.45) is 1.76. The van der Waals surface area contributed by atoms with Crippen LogP contribution in [0.25, 0.3) is 0 Å². The minimum Gasteiger partial charge on any atom is -0.491 e. The zero-order chi connectivity index (χ0) is 13.7. The topological polar surface area (TPSA) is 49.9 Å². The van der Waals surface area contributed by atoms with Crippen LogP contribution in [0.3, 0.4) is 0 Å². The molecule has 0 aliphatic rings. The van der Waals surface area contributed by atoms with Crippen LogP contribution in [0.4, 0.5) is 5.69 Å².